The number of amides is 2. The summed E-state index contributed by atoms with van der Waals surface area (Å²) in [5, 5.41) is 18.2. The van der Waals surface area contributed by atoms with Gasteiger partial charge < -0.3 is 0 Å². The van der Waals surface area contributed by atoms with Gasteiger partial charge in [0.1, 0.15) is 10.5 Å². The number of unbranched alkanes of at least 4 members (excludes halogenated alkanes) is 4. The molecule has 0 aliphatic carbocycles. The zero-order chi connectivity index (χ0) is 20.1. The van der Waals surface area contributed by atoms with E-state index in [4.69, 9.17) is 0 Å². The molecule has 0 spiro atoms. The molecule has 0 bridgehead atoms. The number of carbonyl (C=O) groups excluding carboxylic acids is 2. The van der Waals surface area contributed by atoms with Crippen LogP contribution in [0.5, 0.6) is 0 Å². The highest BCUT2D eigenvalue weighted by Gasteiger charge is 2.35. The highest BCUT2D eigenvalue weighted by atomic mass is 32.2. The van der Waals surface area contributed by atoms with E-state index in [2.05, 4.69) is 13.2 Å². The summed E-state index contributed by atoms with van der Waals surface area (Å²) in [6.45, 7) is 11.2. The molecule has 7 nitrogen and oxygen atoms in total. The van der Waals surface area contributed by atoms with E-state index in [1.165, 1.54) is 0 Å². The lowest BCUT2D eigenvalue weighted by atomic mass is 10.2. The van der Waals surface area contributed by atoms with Crippen LogP contribution in [0.1, 0.15) is 52.4 Å². The summed E-state index contributed by atoms with van der Waals surface area (Å²) in [6, 6.07) is 0. The lowest BCUT2D eigenvalue weighted by Gasteiger charge is -2.24. The fourth-order valence-corrected chi connectivity index (χ4v) is 3.62. The summed E-state index contributed by atoms with van der Waals surface area (Å²) < 4.78 is 12.7. The molecular formula is C18H32N2O5S. The monoisotopic (exact) mass is 388 g/mol. The first-order chi connectivity index (χ1) is 12.3. The van der Waals surface area contributed by atoms with Crippen LogP contribution in [0.3, 0.4) is 0 Å². The Labute approximate surface area is 158 Å². The number of hydrogen-bond donors (Lipinski definition) is 2. The molecule has 0 rings (SSSR count). The molecule has 26 heavy (non-hydrogen) atoms. The van der Waals surface area contributed by atoms with E-state index in [1.54, 1.807) is 0 Å². The SMILES string of the molecule is C=CC(C(=O)N(O)CCCCC)S(=O)[C@@H](C=C)C(=O)N(O)CCCCC. The molecule has 8 heteroatoms. The van der Waals surface area contributed by atoms with Crippen LogP contribution in [0.15, 0.2) is 25.3 Å². The number of hydroxylamine groups is 4. The number of hydrogen-bond acceptors (Lipinski definition) is 5. The highest BCUT2D eigenvalue weighted by molar-refractivity contribution is 7.88. The van der Waals surface area contributed by atoms with Crippen molar-refractivity contribution in [1.82, 2.24) is 10.1 Å². The summed E-state index contributed by atoms with van der Waals surface area (Å²) in [5.74, 6) is -1.57. The largest absolute Gasteiger partial charge is 0.286 e. The van der Waals surface area contributed by atoms with Gasteiger partial charge in [-0.1, -0.05) is 51.7 Å². The van der Waals surface area contributed by atoms with E-state index < -0.39 is 33.1 Å². The van der Waals surface area contributed by atoms with Crippen LogP contribution >= 0.6 is 0 Å². The molecule has 150 valence electrons. The molecule has 0 aromatic carbocycles. The number of carbonyl (C=O) groups is 2. The molecule has 0 fully saturated rings. The highest BCUT2D eigenvalue weighted by Crippen LogP contribution is 2.13. The molecule has 0 heterocycles. The first-order valence-corrected chi connectivity index (χ1v) is 10.3. The smallest absolute Gasteiger partial charge is 0.265 e. The minimum atomic E-state index is -2.05. The number of rotatable bonds is 14. The minimum absolute atomic E-state index is 0.115. The lowest BCUT2D eigenvalue weighted by molar-refractivity contribution is -0.164. The Morgan fingerprint density at radius 1 is 0.885 bits per heavy atom. The zero-order valence-electron chi connectivity index (χ0n) is 15.8. The molecule has 3 atom stereocenters. The van der Waals surface area contributed by atoms with E-state index in [-0.39, 0.29) is 13.1 Å². The van der Waals surface area contributed by atoms with Crippen molar-refractivity contribution < 1.29 is 24.2 Å². The predicted molar refractivity (Wildman–Crippen MR) is 102 cm³/mol. The molecule has 0 saturated carbocycles. The third-order valence-electron chi connectivity index (χ3n) is 3.87. The third-order valence-corrected chi connectivity index (χ3v) is 5.66. The van der Waals surface area contributed by atoms with Crippen LogP contribution in [-0.2, 0) is 20.4 Å². The third kappa shape index (κ3) is 7.80. The molecule has 0 aliphatic heterocycles. The van der Waals surface area contributed by atoms with Crippen LogP contribution in [-0.4, -0.2) is 60.2 Å². The van der Waals surface area contributed by atoms with Gasteiger partial charge in [0.2, 0.25) is 0 Å². The summed E-state index contributed by atoms with van der Waals surface area (Å²) in [7, 11) is -2.05. The molecule has 2 unspecified atom stereocenters. The summed E-state index contributed by atoms with van der Waals surface area (Å²) >= 11 is 0. The van der Waals surface area contributed by atoms with Crippen LogP contribution in [0.25, 0.3) is 0 Å². The van der Waals surface area contributed by atoms with Crippen molar-refractivity contribution >= 4 is 22.6 Å². The van der Waals surface area contributed by atoms with Crippen molar-refractivity contribution in [3.8, 4) is 0 Å². The fourth-order valence-electron chi connectivity index (χ4n) is 2.29. The van der Waals surface area contributed by atoms with Crippen LogP contribution in [0.4, 0.5) is 0 Å². The molecule has 0 aliphatic rings. The van der Waals surface area contributed by atoms with Gasteiger partial charge in [-0.25, -0.2) is 10.1 Å². The maximum Gasteiger partial charge on any atom is 0.265 e. The van der Waals surface area contributed by atoms with Crippen LogP contribution < -0.4 is 0 Å². The van der Waals surface area contributed by atoms with Gasteiger partial charge in [0, 0.05) is 13.1 Å². The van der Waals surface area contributed by atoms with E-state index >= 15 is 0 Å². The molecule has 0 radical (unpaired) electrons. The Hall–Kier alpha value is -1.51. The first-order valence-electron chi connectivity index (χ1n) is 9.00. The van der Waals surface area contributed by atoms with Gasteiger partial charge >= 0.3 is 0 Å². The summed E-state index contributed by atoms with van der Waals surface area (Å²) in [4.78, 5) is 24.6. The van der Waals surface area contributed by atoms with Crippen LogP contribution in [0.2, 0.25) is 0 Å². The maximum absolute atomic E-state index is 12.7. The Kier molecular flexibility index (Phi) is 12.9. The van der Waals surface area contributed by atoms with Crippen LogP contribution in [0, 0.1) is 0 Å². The Morgan fingerprint density at radius 2 is 1.23 bits per heavy atom. The van der Waals surface area contributed by atoms with E-state index in [1.807, 2.05) is 13.8 Å². The van der Waals surface area contributed by atoms with Crippen molar-refractivity contribution in [2.75, 3.05) is 13.1 Å². The summed E-state index contributed by atoms with van der Waals surface area (Å²) in [5.41, 5.74) is 0. The van der Waals surface area contributed by atoms with Gasteiger partial charge in [0.25, 0.3) is 11.8 Å². The zero-order valence-corrected chi connectivity index (χ0v) is 16.6. The van der Waals surface area contributed by atoms with Gasteiger partial charge in [0.15, 0.2) is 0 Å². The second-order valence-electron chi connectivity index (χ2n) is 5.98. The van der Waals surface area contributed by atoms with Gasteiger partial charge in [-0.05, 0) is 12.8 Å². The average Bonchev–Trinajstić information content (AvgIpc) is 2.62. The molecule has 0 saturated heterocycles. The Morgan fingerprint density at radius 3 is 1.50 bits per heavy atom. The molecular weight excluding hydrogens is 356 g/mol. The molecule has 0 aromatic heterocycles. The average molecular weight is 389 g/mol. The van der Waals surface area contributed by atoms with Crippen molar-refractivity contribution in [1.29, 1.82) is 0 Å². The Bertz CT molecular complexity index is 456. The molecule has 0 aromatic rings. The van der Waals surface area contributed by atoms with Crippen molar-refractivity contribution in [3.05, 3.63) is 25.3 Å². The van der Waals surface area contributed by atoms with Gasteiger partial charge in [-0.2, -0.15) is 0 Å². The topological polar surface area (TPSA) is 98.2 Å². The van der Waals surface area contributed by atoms with E-state index in [0.29, 0.717) is 23.0 Å². The number of nitrogens with zero attached hydrogens (tertiary/aromatic N) is 2. The van der Waals surface area contributed by atoms with Crippen molar-refractivity contribution in [2.45, 2.75) is 62.9 Å². The summed E-state index contributed by atoms with van der Waals surface area (Å²) in [6.07, 6.45) is 7.05. The van der Waals surface area contributed by atoms with Gasteiger partial charge in [0.05, 0.1) is 10.8 Å². The van der Waals surface area contributed by atoms with E-state index in [0.717, 1.165) is 37.8 Å². The van der Waals surface area contributed by atoms with Gasteiger partial charge in [-0.3, -0.25) is 24.2 Å². The quantitative estimate of drug-likeness (QED) is 0.206. The standard InChI is InChI=1S/C18H32N2O5S/c1-5-9-11-13-19(23)17(21)15(7-3)26(25)16(8-4)18(22)20(24)14-12-10-6-2/h7-8,15-16,23-24H,3-6,9-14H2,1-2H3/t15-,16?,26?/m0/s1. The van der Waals surface area contributed by atoms with Crippen molar-refractivity contribution in [2.24, 2.45) is 0 Å². The molecule has 2 amide bonds. The minimum Gasteiger partial charge on any atom is -0.286 e. The predicted octanol–water partition coefficient (Wildman–Crippen LogP) is 2.66. The second kappa shape index (κ2) is 13.7. The fraction of sp³-hybridized carbons (Fsp3) is 0.667. The first kappa shape index (κ1) is 24.5. The second-order valence-corrected chi connectivity index (χ2v) is 7.65. The normalized spacial score (nSPS) is 14.2. The van der Waals surface area contributed by atoms with Gasteiger partial charge in [-0.15, -0.1) is 13.2 Å². The molecule has 2 N–H and O–H groups in total. The Balaban J connectivity index is 5.03. The van der Waals surface area contributed by atoms with E-state index in [9.17, 15) is 24.2 Å². The lowest BCUT2D eigenvalue weighted by Crippen LogP contribution is -2.46. The maximum atomic E-state index is 12.7. The van der Waals surface area contributed by atoms with Crippen molar-refractivity contribution in [3.63, 3.8) is 0 Å².